The van der Waals surface area contributed by atoms with E-state index in [-0.39, 0.29) is 0 Å². The maximum atomic E-state index is 5.13. The fourth-order valence-corrected chi connectivity index (χ4v) is 1.07. The van der Waals surface area contributed by atoms with E-state index in [0.717, 1.165) is 19.3 Å². The minimum absolute atomic E-state index is 0.916. The SMILES string of the molecule is C#CCCC/C=C\CCCCC. The van der Waals surface area contributed by atoms with Gasteiger partial charge in [0.05, 0.1) is 0 Å². The first-order chi connectivity index (χ1) is 5.91. The van der Waals surface area contributed by atoms with Crippen molar-refractivity contribution in [3.8, 4) is 12.3 Å². The van der Waals surface area contributed by atoms with E-state index in [1.807, 2.05) is 0 Å². The Kier molecular flexibility index (Phi) is 9.70. The number of rotatable bonds is 7. The predicted octanol–water partition coefficient (Wildman–Crippen LogP) is 3.93. The normalized spacial score (nSPS) is 10.3. The molecule has 0 heterocycles. The highest BCUT2D eigenvalue weighted by Gasteiger charge is 1.82. The van der Waals surface area contributed by atoms with Crippen LogP contribution in [0.15, 0.2) is 12.2 Å². The molecule has 0 aromatic carbocycles. The molecule has 0 bridgehead atoms. The second kappa shape index (κ2) is 10.3. The Balaban J connectivity index is 2.99. The molecule has 0 heteroatoms. The van der Waals surface area contributed by atoms with Gasteiger partial charge in [-0.05, 0) is 25.7 Å². The lowest BCUT2D eigenvalue weighted by molar-refractivity contribution is 0.727. The van der Waals surface area contributed by atoms with Crippen molar-refractivity contribution in [2.45, 2.75) is 51.9 Å². The van der Waals surface area contributed by atoms with Crippen LogP contribution in [-0.2, 0) is 0 Å². The molecule has 0 amide bonds. The van der Waals surface area contributed by atoms with Gasteiger partial charge < -0.3 is 0 Å². The van der Waals surface area contributed by atoms with Gasteiger partial charge in [-0.1, -0.05) is 31.9 Å². The average Bonchev–Trinajstić information content (AvgIpc) is 2.10. The summed E-state index contributed by atoms with van der Waals surface area (Å²) in [4.78, 5) is 0. The first-order valence-electron chi connectivity index (χ1n) is 5.00. The summed E-state index contributed by atoms with van der Waals surface area (Å²) < 4.78 is 0. The van der Waals surface area contributed by atoms with E-state index in [0.29, 0.717) is 0 Å². The Morgan fingerprint density at radius 1 is 1.08 bits per heavy atom. The van der Waals surface area contributed by atoms with Gasteiger partial charge in [-0.3, -0.25) is 0 Å². The molecule has 0 saturated carbocycles. The van der Waals surface area contributed by atoms with Crippen LogP contribution in [0.4, 0.5) is 0 Å². The van der Waals surface area contributed by atoms with Gasteiger partial charge in [-0.2, -0.15) is 0 Å². The van der Waals surface area contributed by atoms with Crippen LogP contribution in [0.5, 0.6) is 0 Å². The molecule has 12 heavy (non-hydrogen) atoms. The van der Waals surface area contributed by atoms with Crippen LogP contribution >= 0.6 is 0 Å². The van der Waals surface area contributed by atoms with Gasteiger partial charge in [0.1, 0.15) is 0 Å². The molecule has 0 saturated heterocycles. The van der Waals surface area contributed by atoms with Gasteiger partial charge in [0.2, 0.25) is 0 Å². The Bertz CT molecular complexity index is 137. The summed E-state index contributed by atoms with van der Waals surface area (Å²) in [5, 5.41) is 0. The number of unbranched alkanes of at least 4 members (excludes halogenated alkanes) is 5. The Hall–Kier alpha value is -0.700. The smallest absolute Gasteiger partial charge is 0.00890 e. The summed E-state index contributed by atoms with van der Waals surface area (Å²) in [5.41, 5.74) is 0. The van der Waals surface area contributed by atoms with Crippen LogP contribution in [0, 0.1) is 12.3 Å². The van der Waals surface area contributed by atoms with Crippen molar-refractivity contribution in [1.82, 2.24) is 0 Å². The summed E-state index contributed by atoms with van der Waals surface area (Å²) in [6.45, 7) is 2.23. The third-order valence-electron chi connectivity index (χ3n) is 1.83. The van der Waals surface area contributed by atoms with E-state index in [9.17, 15) is 0 Å². The highest BCUT2D eigenvalue weighted by Crippen LogP contribution is 2.01. The number of terminal acetylenes is 1. The molecule has 0 unspecified atom stereocenters. The minimum atomic E-state index is 0.916. The third kappa shape index (κ3) is 9.30. The second-order valence-corrected chi connectivity index (χ2v) is 3.06. The van der Waals surface area contributed by atoms with Gasteiger partial charge in [-0.15, -0.1) is 12.3 Å². The lowest BCUT2D eigenvalue weighted by Gasteiger charge is -1.91. The summed E-state index contributed by atoms with van der Waals surface area (Å²) in [6.07, 6.45) is 18.1. The fraction of sp³-hybridized carbons (Fsp3) is 0.667. The molecule has 0 N–H and O–H groups in total. The second-order valence-electron chi connectivity index (χ2n) is 3.06. The van der Waals surface area contributed by atoms with Crippen molar-refractivity contribution in [2.75, 3.05) is 0 Å². The van der Waals surface area contributed by atoms with E-state index in [1.54, 1.807) is 0 Å². The highest BCUT2D eigenvalue weighted by molar-refractivity contribution is 4.86. The molecule has 68 valence electrons. The molecule has 0 aliphatic heterocycles. The minimum Gasteiger partial charge on any atom is -0.120 e. The molecule has 0 fully saturated rings. The van der Waals surface area contributed by atoms with Crippen molar-refractivity contribution >= 4 is 0 Å². The summed E-state index contributed by atoms with van der Waals surface area (Å²) >= 11 is 0. The van der Waals surface area contributed by atoms with Crippen molar-refractivity contribution in [1.29, 1.82) is 0 Å². The van der Waals surface area contributed by atoms with Crippen LogP contribution in [0.25, 0.3) is 0 Å². The van der Waals surface area contributed by atoms with Crippen LogP contribution in [-0.4, -0.2) is 0 Å². The number of hydrogen-bond donors (Lipinski definition) is 0. The summed E-state index contributed by atoms with van der Waals surface area (Å²) in [5.74, 6) is 2.65. The molecule has 0 nitrogen and oxygen atoms in total. The molecule has 0 rings (SSSR count). The number of hydrogen-bond acceptors (Lipinski definition) is 0. The largest absolute Gasteiger partial charge is 0.120 e. The molecular formula is C12H20. The molecule has 0 spiro atoms. The summed E-state index contributed by atoms with van der Waals surface area (Å²) in [7, 11) is 0. The van der Waals surface area contributed by atoms with Crippen molar-refractivity contribution < 1.29 is 0 Å². The monoisotopic (exact) mass is 164 g/mol. The zero-order chi connectivity index (χ0) is 9.07. The standard InChI is InChI=1S/C12H20/c1-3-5-7-9-11-12-10-8-6-4-2/h1,11-12H,4-10H2,2H3/b12-11-. The maximum absolute atomic E-state index is 5.13. The molecule has 0 aromatic rings. The maximum Gasteiger partial charge on any atom is 0.00890 e. The van der Waals surface area contributed by atoms with E-state index in [1.165, 1.54) is 25.7 Å². The Labute approximate surface area is 77.1 Å². The third-order valence-corrected chi connectivity index (χ3v) is 1.83. The van der Waals surface area contributed by atoms with Crippen LogP contribution in [0.1, 0.15) is 51.9 Å². The molecule has 0 radical (unpaired) electrons. The van der Waals surface area contributed by atoms with Gasteiger partial charge in [0.25, 0.3) is 0 Å². The van der Waals surface area contributed by atoms with Crippen LogP contribution < -0.4 is 0 Å². The van der Waals surface area contributed by atoms with Gasteiger partial charge >= 0.3 is 0 Å². The van der Waals surface area contributed by atoms with Crippen LogP contribution in [0.3, 0.4) is 0 Å². The first kappa shape index (κ1) is 11.3. The topological polar surface area (TPSA) is 0 Å². The Morgan fingerprint density at radius 2 is 1.75 bits per heavy atom. The van der Waals surface area contributed by atoms with E-state index >= 15 is 0 Å². The molecule has 0 aliphatic rings. The molecule has 0 aromatic heterocycles. The predicted molar refractivity (Wildman–Crippen MR) is 56.0 cm³/mol. The van der Waals surface area contributed by atoms with E-state index in [2.05, 4.69) is 25.0 Å². The quantitative estimate of drug-likeness (QED) is 0.304. The molecular weight excluding hydrogens is 144 g/mol. The van der Waals surface area contributed by atoms with Crippen LogP contribution in [0.2, 0.25) is 0 Å². The fourth-order valence-electron chi connectivity index (χ4n) is 1.07. The lowest BCUT2D eigenvalue weighted by atomic mass is 10.2. The van der Waals surface area contributed by atoms with Crippen molar-refractivity contribution in [2.24, 2.45) is 0 Å². The van der Waals surface area contributed by atoms with Crippen molar-refractivity contribution in [3.63, 3.8) is 0 Å². The number of allylic oxidation sites excluding steroid dienone is 2. The van der Waals surface area contributed by atoms with E-state index in [4.69, 9.17) is 6.42 Å². The first-order valence-corrected chi connectivity index (χ1v) is 5.00. The lowest BCUT2D eigenvalue weighted by Crippen LogP contribution is -1.72. The zero-order valence-corrected chi connectivity index (χ0v) is 8.18. The van der Waals surface area contributed by atoms with E-state index < -0.39 is 0 Å². The highest BCUT2D eigenvalue weighted by atomic mass is 13.9. The molecule has 0 aliphatic carbocycles. The van der Waals surface area contributed by atoms with Gasteiger partial charge in [0.15, 0.2) is 0 Å². The van der Waals surface area contributed by atoms with Gasteiger partial charge in [0, 0.05) is 6.42 Å². The van der Waals surface area contributed by atoms with Crippen molar-refractivity contribution in [3.05, 3.63) is 12.2 Å². The zero-order valence-electron chi connectivity index (χ0n) is 8.18. The van der Waals surface area contributed by atoms with Gasteiger partial charge in [-0.25, -0.2) is 0 Å². The average molecular weight is 164 g/mol. The molecule has 0 atom stereocenters. The summed E-state index contributed by atoms with van der Waals surface area (Å²) in [6, 6.07) is 0. The Morgan fingerprint density at radius 3 is 2.33 bits per heavy atom.